The molecule has 0 atom stereocenters. The lowest BCUT2D eigenvalue weighted by molar-refractivity contribution is 0.265. The standard InChI is InChI=1S/C16H23ClN4O2S/c1-12(2)20(3)10-14-8-6-5-7-13(14)9-19-24(22,23)16-15(17)21(4)11-18-16/h5-8,11-12,19H,9-10H2,1-4H3. The molecule has 0 spiro atoms. The van der Waals surface area contributed by atoms with Crippen LogP contribution in [0.4, 0.5) is 0 Å². The molecule has 1 heterocycles. The van der Waals surface area contributed by atoms with Crippen molar-refractivity contribution in [3.05, 3.63) is 46.9 Å². The van der Waals surface area contributed by atoms with Crippen LogP contribution >= 0.6 is 11.6 Å². The normalized spacial score (nSPS) is 12.3. The van der Waals surface area contributed by atoms with Gasteiger partial charge in [0.2, 0.25) is 5.03 Å². The van der Waals surface area contributed by atoms with Gasteiger partial charge in [-0.25, -0.2) is 18.1 Å². The Morgan fingerprint density at radius 2 is 1.92 bits per heavy atom. The molecule has 8 heteroatoms. The average molecular weight is 371 g/mol. The van der Waals surface area contributed by atoms with Gasteiger partial charge >= 0.3 is 0 Å². The van der Waals surface area contributed by atoms with Gasteiger partial charge in [-0.2, -0.15) is 0 Å². The van der Waals surface area contributed by atoms with Crippen LogP contribution in [0.25, 0.3) is 0 Å². The fourth-order valence-corrected chi connectivity index (χ4v) is 3.58. The van der Waals surface area contributed by atoms with Gasteiger partial charge < -0.3 is 4.57 Å². The molecular weight excluding hydrogens is 348 g/mol. The minimum absolute atomic E-state index is 0.0929. The summed E-state index contributed by atoms with van der Waals surface area (Å²) in [5, 5.41) is -0.0567. The highest BCUT2D eigenvalue weighted by Crippen LogP contribution is 2.19. The number of nitrogens with zero attached hydrogens (tertiary/aromatic N) is 3. The van der Waals surface area contributed by atoms with Crippen molar-refractivity contribution in [1.29, 1.82) is 0 Å². The number of benzene rings is 1. The van der Waals surface area contributed by atoms with Crippen molar-refractivity contribution in [3.8, 4) is 0 Å². The predicted octanol–water partition coefficient (Wildman–Crippen LogP) is 2.39. The van der Waals surface area contributed by atoms with Gasteiger partial charge in [-0.3, -0.25) is 4.90 Å². The summed E-state index contributed by atoms with van der Waals surface area (Å²) < 4.78 is 28.8. The van der Waals surface area contributed by atoms with E-state index in [1.807, 2.05) is 31.3 Å². The first kappa shape index (κ1) is 18.9. The Hall–Kier alpha value is -1.41. The smallest absolute Gasteiger partial charge is 0.261 e. The monoisotopic (exact) mass is 370 g/mol. The third-order valence-electron chi connectivity index (χ3n) is 3.96. The second kappa shape index (κ2) is 7.65. The third-order valence-corrected chi connectivity index (χ3v) is 5.85. The van der Waals surface area contributed by atoms with Crippen molar-refractivity contribution < 1.29 is 8.42 Å². The van der Waals surface area contributed by atoms with Crippen LogP contribution in [0.3, 0.4) is 0 Å². The molecule has 132 valence electrons. The van der Waals surface area contributed by atoms with Crippen molar-refractivity contribution in [2.24, 2.45) is 7.05 Å². The highest BCUT2D eigenvalue weighted by Gasteiger charge is 2.22. The molecule has 24 heavy (non-hydrogen) atoms. The number of sulfonamides is 1. The molecule has 1 aromatic carbocycles. The first-order valence-corrected chi connectivity index (χ1v) is 9.52. The van der Waals surface area contributed by atoms with E-state index in [9.17, 15) is 8.42 Å². The molecule has 1 N–H and O–H groups in total. The van der Waals surface area contributed by atoms with Crippen LogP contribution < -0.4 is 4.72 Å². The van der Waals surface area contributed by atoms with E-state index in [1.54, 1.807) is 7.05 Å². The van der Waals surface area contributed by atoms with E-state index in [0.29, 0.717) is 6.04 Å². The van der Waals surface area contributed by atoms with Crippen molar-refractivity contribution in [2.45, 2.75) is 38.0 Å². The highest BCUT2D eigenvalue weighted by molar-refractivity contribution is 7.89. The Labute approximate surface area is 148 Å². The summed E-state index contributed by atoms with van der Waals surface area (Å²) in [7, 11) is -0.0722. The Balaban J connectivity index is 2.16. The zero-order valence-corrected chi connectivity index (χ0v) is 15.9. The number of nitrogens with one attached hydrogen (secondary N) is 1. The van der Waals surface area contributed by atoms with Crippen LogP contribution in [0.15, 0.2) is 35.6 Å². The van der Waals surface area contributed by atoms with Gasteiger partial charge in [0.15, 0.2) is 0 Å². The minimum Gasteiger partial charge on any atom is -0.324 e. The zero-order valence-electron chi connectivity index (χ0n) is 14.3. The molecule has 0 bridgehead atoms. The van der Waals surface area contributed by atoms with Crippen LogP contribution in [0, 0.1) is 0 Å². The van der Waals surface area contributed by atoms with E-state index < -0.39 is 10.0 Å². The Morgan fingerprint density at radius 3 is 2.46 bits per heavy atom. The molecule has 2 rings (SSSR count). The molecule has 0 saturated heterocycles. The van der Waals surface area contributed by atoms with E-state index in [-0.39, 0.29) is 16.7 Å². The lowest BCUT2D eigenvalue weighted by atomic mass is 10.1. The molecule has 1 aromatic heterocycles. The Kier molecular flexibility index (Phi) is 6.03. The number of halogens is 1. The number of aromatic nitrogens is 2. The van der Waals surface area contributed by atoms with Gasteiger partial charge in [-0.15, -0.1) is 0 Å². The van der Waals surface area contributed by atoms with Gasteiger partial charge in [0.05, 0.1) is 6.33 Å². The summed E-state index contributed by atoms with van der Waals surface area (Å²) in [6, 6.07) is 8.19. The average Bonchev–Trinajstić information content (AvgIpc) is 2.86. The summed E-state index contributed by atoms with van der Waals surface area (Å²) in [5.41, 5.74) is 2.02. The Bertz CT molecular complexity index is 802. The number of hydrogen-bond acceptors (Lipinski definition) is 4. The van der Waals surface area contributed by atoms with Crippen LogP contribution in [0.1, 0.15) is 25.0 Å². The van der Waals surface area contributed by atoms with Crippen LogP contribution in [-0.2, 0) is 30.2 Å². The van der Waals surface area contributed by atoms with E-state index in [2.05, 4.69) is 28.5 Å². The van der Waals surface area contributed by atoms with Crippen molar-refractivity contribution >= 4 is 21.6 Å². The molecule has 0 aliphatic rings. The summed E-state index contributed by atoms with van der Waals surface area (Å²) >= 11 is 5.98. The number of imidazole rings is 1. The van der Waals surface area contributed by atoms with Crippen molar-refractivity contribution in [2.75, 3.05) is 7.05 Å². The predicted molar refractivity (Wildman–Crippen MR) is 95.3 cm³/mol. The highest BCUT2D eigenvalue weighted by atomic mass is 35.5. The fourth-order valence-electron chi connectivity index (χ4n) is 2.15. The van der Waals surface area contributed by atoms with Gasteiger partial charge in [0.1, 0.15) is 5.15 Å². The molecule has 0 aliphatic heterocycles. The second-order valence-corrected chi connectivity index (χ2v) is 8.09. The maximum Gasteiger partial charge on any atom is 0.261 e. The molecule has 0 aliphatic carbocycles. The quantitative estimate of drug-likeness (QED) is 0.812. The molecule has 0 fully saturated rings. The molecule has 0 unspecified atom stereocenters. The number of aryl methyl sites for hydroxylation is 1. The van der Waals surface area contributed by atoms with Gasteiger partial charge in [-0.05, 0) is 32.0 Å². The van der Waals surface area contributed by atoms with Crippen LogP contribution in [-0.4, -0.2) is 36.0 Å². The molecule has 6 nitrogen and oxygen atoms in total. The SMILES string of the molecule is CC(C)N(C)Cc1ccccc1CNS(=O)(=O)c1ncn(C)c1Cl. The first-order chi connectivity index (χ1) is 11.2. The van der Waals surface area contributed by atoms with Crippen LogP contribution in [0.2, 0.25) is 5.15 Å². The molecule has 0 radical (unpaired) electrons. The number of rotatable bonds is 7. The van der Waals surface area contributed by atoms with Gasteiger partial charge in [-0.1, -0.05) is 35.9 Å². The number of hydrogen-bond donors (Lipinski definition) is 1. The van der Waals surface area contributed by atoms with E-state index in [4.69, 9.17) is 11.6 Å². The lowest BCUT2D eigenvalue weighted by Crippen LogP contribution is -2.28. The fraction of sp³-hybridized carbons (Fsp3) is 0.438. The second-order valence-electron chi connectivity index (χ2n) is 6.05. The van der Waals surface area contributed by atoms with E-state index in [0.717, 1.165) is 17.7 Å². The maximum atomic E-state index is 12.4. The van der Waals surface area contributed by atoms with E-state index in [1.165, 1.54) is 10.9 Å². The minimum atomic E-state index is -3.76. The summed E-state index contributed by atoms with van der Waals surface area (Å²) in [6.45, 7) is 5.18. The molecule has 2 aromatic rings. The zero-order chi connectivity index (χ0) is 17.9. The third kappa shape index (κ3) is 4.36. The topological polar surface area (TPSA) is 67.2 Å². The van der Waals surface area contributed by atoms with Gasteiger partial charge in [0, 0.05) is 26.2 Å². The summed E-state index contributed by atoms with van der Waals surface area (Å²) in [4.78, 5) is 6.06. The van der Waals surface area contributed by atoms with E-state index >= 15 is 0 Å². The molecule has 0 saturated carbocycles. The van der Waals surface area contributed by atoms with Crippen molar-refractivity contribution in [3.63, 3.8) is 0 Å². The molecular formula is C16H23ClN4O2S. The molecule has 0 amide bonds. The van der Waals surface area contributed by atoms with Crippen molar-refractivity contribution in [1.82, 2.24) is 19.2 Å². The summed E-state index contributed by atoms with van der Waals surface area (Å²) in [5.74, 6) is 0. The largest absolute Gasteiger partial charge is 0.324 e. The van der Waals surface area contributed by atoms with Crippen LogP contribution in [0.5, 0.6) is 0 Å². The van der Waals surface area contributed by atoms with Gasteiger partial charge in [0.25, 0.3) is 10.0 Å². The summed E-state index contributed by atoms with van der Waals surface area (Å²) in [6.07, 6.45) is 1.38. The maximum absolute atomic E-state index is 12.4. The lowest BCUT2D eigenvalue weighted by Gasteiger charge is -2.22. The Morgan fingerprint density at radius 1 is 1.29 bits per heavy atom. The first-order valence-electron chi connectivity index (χ1n) is 7.66.